The van der Waals surface area contributed by atoms with Crippen molar-refractivity contribution < 1.29 is 18.7 Å². The minimum Gasteiger partial charge on any atom is -0.466 e. The third-order valence-electron chi connectivity index (χ3n) is 6.82. The molecule has 0 spiro atoms. The molecule has 28 heavy (non-hydrogen) atoms. The molecule has 154 valence electrons. The number of hydrogen-bond donors (Lipinski definition) is 0. The number of hydrogen-bond acceptors (Lipinski definition) is 6. The molecular weight excluding hydrogens is 361 g/mol. The Bertz CT molecular complexity index is 697. The lowest BCUT2D eigenvalue weighted by Gasteiger charge is -2.53. The maximum absolute atomic E-state index is 14.3. The van der Waals surface area contributed by atoms with E-state index in [-0.39, 0.29) is 17.7 Å². The molecule has 1 aliphatic carbocycles. The van der Waals surface area contributed by atoms with Crippen LogP contribution >= 0.6 is 0 Å². The van der Waals surface area contributed by atoms with Crippen LogP contribution in [-0.2, 0) is 14.3 Å². The van der Waals surface area contributed by atoms with Crippen molar-refractivity contribution in [2.75, 3.05) is 50.9 Å². The number of rotatable bonds is 4. The normalized spacial score (nSPS) is 31.3. The van der Waals surface area contributed by atoms with Gasteiger partial charge in [-0.05, 0) is 44.6 Å². The van der Waals surface area contributed by atoms with E-state index in [0.29, 0.717) is 24.9 Å². The van der Waals surface area contributed by atoms with Gasteiger partial charge in [0.2, 0.25) is 0 Å². The van der Waals surface area contributed by atoms with E-state index in [9.17, 15) is 9.18 Å². The number of aromatic nitrogens is 1. The quantitative estimate of drug-likeness (QED) is 0.735. The number of piperidine rings is 1. The molecule has 1 saturated carbocycles. The summed E-state index contributed by atoms with van der Waals surface area (Å²) in [5.74, 6) is -0.171. The molecular formula is C21H30FN3O3. The number of fused-ring (bicyclic) bond motifs is 1. The second kappa shape index (κ2) is 8.33. The zero-order chi connectivity index (χ0) is 19.6. The molecule has 1 aromatic rings. The predicted octanol–water partition coefficient (Wildman–Crippen LogP) is 2.48. The highest BCUT2D eigenvalue weighted by Crippen LogP contribution is 2.49. The van der Waals surface area contributed by atoms with Crippen molar-refractivity contribution in [1.82, 2.24) is 9.88 Å². The van der Waals surface area contributed by atoms with Crippen LogP contribution in [0.4, 0.5) is 10.1 Å². The van der Waals surface area contributed by atoms with Crippen LogP contribution in [0.1, 0.15) is 32.6 Å². The third kappa shape index (κ3) is 3.62. The third-order valence-corrected chi connectivity index (χ3v) is 6.82. The van der Waals surface area contributed by atoms with Gasteiger partial charge in [0.15, 0.2) is 5.82 Å². The number of pyridine rings is 1. The summed E-state index contributed by atoms with van der Waals surface area (Å²) in [7, 11) is 0. The van der Waals surface area contributed by atoms with Crippen LogP contribution in [0.25, 0.3) is 0 Å². The van der Waals surface area contributed by atoms with Gasteiger partial charge in [0, 0.05) is 38.4 Å². The highest BCUT2D eigenvalue weighted by atomic mass is 19.1. The SMILES string of the molecule is CCOC(=O)[C@@]12CC[C@@H](N3CCOCC3)C[C@H]1CCN(c1ccncc1F)C2. The van der Waals surface area contributed by atoms with Crippen molar-refractivity contribution in [3.05, 3.63) is 24.3 Å². The molecule has 3 fully saturated rings. The largest absolute Gasteiger partial charge is 0.466 e. The van der Waals surface area contributed by atoms with Crippen LogP contribution in [-0.4, -0.2) is 67.9 Å². The fraction of sp³-hybridized carbons (Fsp3) is 0.714. The molecule has 2 aliphatic heterocycles. The van der Waals surface area contributed by atoms with E-state index >= 15 is 0 Å². The first-order valence-electron chi connectivity index (χ1n) is 10.5. The van der Waals surface area contributed by atoms with Gasteiger partial charge in [-0.1, -0.05) is 0 Å². The number of esters is 1. The first kappa shape index (κ1) is 19.6. The highest BCUT2D eigenvalue weighted by Gasteiger charge is 2.54. The van der Waals surface area contributed by atoms with Crippen molar-refractivity contribution in [2.45, 2.75) is 38.6 Å². The first-order valence-corrected chi connectivity index (χ1v) is 10.5. The van der Waals surface area contributed by atoms with Gasteiger partial charge in [-0.2, -0.15) is 0 Å². The van der Waals surface area contributed by atoms with Crippen molar-refractivity contribution in [2.24, 2.45) is 11.3 Å². The van der Waals surface area contributed by atoms with Crippen LogP contribution in [0.2, 0.25) is 0 Å². The van der Waals surface area contributed by atoms with Gasteiger partial charge in [-0.15, -0.1) is 0 Å². The van der Waals surface area contributed by atoms with Gasteiger partial charge >= 0.3 is 5.97 Å². The van der Waals surface area contributed by atoms with Gasteiger partial charge < -0.3 is 14.4 Å². The number of nitrogens with zero attached hydrogens (tertiary/aromatic N) is 3. The Morgan fingerprint density at radius 2 is 2.18 bits per heavy atom. The van der Waals surface area contributed by atoms with Gasteiger partial charge in [0.1, 0.15) is 0 Å². The number of morpholine rings is 1. The van der Waals surface area contributed by atoms with E-state index in [0.717, 1.165) is 58.5 Å². The maximum atomic E-state index is 14.3. The molecule has 2 saturated heterocycles. The van der Waals surface area contributed by atoms with Crippen LogP contribution in [0.3, 0.4) is 0 Å². The molecule has 4 rings (SSSR count). The topological polar surface area (TPSA) is 54.9 Å². The van der Waals surface area contributed by atoms with Crippen molar-refractivity contribution in [3.63, 3.8) is 0 Å². The Balaban J connectivity index is 1.56. The summed E-state index contributed by atoms with van der Waals surface area (Å²) < 4.78 is 25.4. The summed E-state index contributed by atoms with van der Waals surface area (Å²) in [5.41, 5.74) is -0.0142. The predicted molar refractivity (Wildman–Crippen MR) is 104 cm³/mol. The minimum absolute atomic E-state index is 0.111. The molecule has 3 aliphatic rings. The fourth-order valence-corrected chi connectivity index (χ4v) is 5.35. The van der Waals surface area contributed by atoms with E-state index in [1.54, 1.807) is 12.3 Å². The van der Waals surface area contributed by atoms with E-state index < -0.39 is 5.41 Å². The first-order chi connectivity index (χ1) is 13.6. The smallest absolute Gasteiger partial charge is 0.314 e. The van der Waals surface area contributed by atoms with Crippen molar-refractivity contribution >= 4 is 11.7 Å². The lowest BCUT2D eigenvalue weighted by atomic mass is 9.61. The number of halogens is 1. The van der Waals surface area contributed by atoms with E-state index in [2.05, 4.69) is 9.88 Å². The lowest BCUT2D eigenvalue weighted by molar-refractivity contribution is -0.164. The number of anilines is 1. The Morgan fingerprint density at radius 1 is 1.36 bits per heavy atom. The van der Waals surface area contributed by atoms with Crippen LogP contribution in [0, 0.1) is 17.2 Å². The Morgan fingerprint density at radius 3 is 2.93 bits per heavy atom. The summed E-state index contributed by atoms with van der Waals surface area (Å²) in [6.45, 7) is 7.03. The number of carbonyl (C=O) groups excluding carboxylic acids is 1. The summed E-state index contributed by atoms with van der Waals surface area (Å²) in [6, 6.07) is 2.20. The van der Waals surface area contributed by atoms with Crippen LogP contribution < -0.4 is 4.90 Å². The van der Waals surface area contributed by atoms with Gasteiger partial charge in [0.25, 0.3) is 0 Å². The average molecular weight is 391 g/mol. The standard InChI is InChI=1S/C21H30FN3O3/c1-2-28-20(26)21-6-3-17(24-9-11-27-12-10-24)13-16(21)5-8-25(15-21)19-4-7-23-14-18(19)22/h4,7,14,16-17H,2-3,5-6,8-13,15H2,1H3/t16-,17-,21-/m1/s1. The lowest BCUT2D eigenvalue weighted by Crippen LogP contribution is -2.59. The summed E-state index contributed by atoms with van der Waals surface area (Å²) in [5, 5.41) is 0. The molecule has 6 nitrogen and oxygen atoms in total. The Labute approximate surface area is 166 Å². The van der Waals surface area contributed by atoms with Gasteiger partial charge in [0.05, 0.1) is 37.1 Å². The highest BCUT2D eigenvalue weighted by molar-refractivity contribution is 5.79. The summed E-state index contributed by atoms with van der Waals surface area (Å²) >= 11 is 0. The molecule has 0 N–H and O–H groups in total. The van der Waals surface area contributed by atoms with E-state index in [4.69, 9.17) is 9.47 Å². The number of ether oxygens (including phenoxy) is 2. The second-order valence-corrected chi connectivity index (χ2v) is 8.19. The van der Waals surface area contributed by atoms with E-state index in [1.165, 1.54) is 6.20 Å². The van der Waals surface area contributed by atoms with Gasteiger partial charge in [-0.25, -0.2) is 4.39 Å². The van der Waals surface area contributed by atoms with Crippen molar-refractivity contribution in [1.29, 1.82) is 0 Å². The van der Waals surface area contributed by atoms with Crippen LogP contribution in [0.15, 0.2) is 18.5 Å². The Hall–Kier alpha value is -1.73. The zero-order valence-electron chi connectivity index (χ0n) is 16.6. The molecule has 0 aromatic carbocycles. The minimum atomic E-state index is -0.549. The molecule has 3 atom stereocenters. The number of carbonyl (C=O) groups is 1. The fourth-order valence-electron chi connectivity index (χ4n) is 5.35. The van der Waals surface area contributed by atoms with Crippen LogP contribution in [0.5, 0.6) is 0 Å². The van der Waals surface area contributed by atoms with Crippen molar-refractivity contribution in [3.8, 4) is 0 Å². The Kier molecular flexibility index (Phi) is 5.83. The van der Waals surface area contributed by atoms with E-state index in [1.807, 2.05) is 11.8 Å². The second-order valence-electron chi connectivity index (χ2n) is 8.19. The molecule has 7 heteroatoms. The molecule has 3 heterocycles. The maximum Gasteiger partial charge on any atom is 0.314 e. The molecule has 0 bridgehead atoms. The monoisotopic (exact) mass is 391 g/mol. The molecule has 0 radical (unpaired) electrons. The zero-order valence-corrected chi connectivity index (χ0v) is 16.6. The summed E-state index contributed by atoms with van der Waals surface area (Å²) in [6.07, 6.45) is 6.50. The molecule has 0 unspecified atom stereocenters. The average Bonchev–Trinajstić information content (AvgIpc) is 2.74. The molecule has 1 aromatic heterocycles. The van der Waals surface area contributed by atoms with Gasteiger partial charge in [-0.3, -0.25) is 14.7 Å². The summed E-state index contributed by atoms with van der Waals surface area (Å²) in [4.78, 5) is 21.5. The molecule has 0 amide bonds.